The zero-order valence-corrected chi connectivity index (χ0v) is 21.4. The number of pyridine rings is 1. The summed E-state index contributed by atoms with van der Waals surface area (Å²) in [4.78, 5) is 22.5. The van der Waals surface area contributed by atoms with Crippen LogP contribution in [-0.4, -0.2) is 59.7 Å². The number of piperidine rings is 1. The van der Waals surface area contributed by atoms with E-state index in [-0.39, 0.29) is 18.5 Å². The van der Waals surface area contributed by atoms with Crippen molar-refractivity contribution in [3.05, 3.63) is 66.5 Å². The molecular weight excluding hydrogens is 513 g/mol. The number of anilines is 2. The Bertz CT molecular complexity index is 1400. The van der Waals surface area contributed by atoms with Crippen molar-refractivity contribution in [1.82, 2.24) is 20.1 Å². The van der Waals surface area contributed by atoms with E-state index in [4.69, 9.17) is 8.83 Å². The number of aromatic nitrogens is 3. The number of halogens is 3. The fourth-order valence-corrected chi connectivity index (χ4v) is 4.73. The van der Waals surface area contributed by atoms with Crippen LogP contribution in [0.25, 0.3) is 22.6 Å². The van der Waals surface area contributed by atoms with Gasteiger partial charge in [-0.1, -0.05) is 0 Å². The van der Waals surface area contributed by atoms with Crippen LogP contribution in [-0.2, 0) is 11.3 Å². The van der Waals surface area contributed by atoms with Crippen LogP contribution in [0.2, 0.25) is 0 Å². The van der Waals surface area contributed by atoms with Crippen LogP contribution in [0.15, 0.2) is 57.9 Å². The summed E-state index contributed by atoms with van der Waals surface area (Å²) < 4.78 is 51.1. The second-order valence-corrected chi connectivity index (χ2v) is 9.52. The molecule has 3 aromatic heterocycles. The highest BCUT2D eigenvalue weighted by molar-refractivity contribution is 5.88. The first-order chi connectivity index (χ1) is 18.8. The fourth-order valence-electron chi connectivity index (χ4n) is 4.73. The molecule has 9 nitrogen and oxygen atoms in total. The predicted molar refractivity (Wildman–Crippen MR) is 138 cm³/mol. The molecule has 0 unspecified atom stereocenters. The number of benzene rings is 1. The first-order valence-electron chi connectivity index (χ1n) is 12.4. The van der Waals surface area contributed by atoms with E-state index in [1.54, 1.807) is 36.2 Å². The molecule has 1 fully saturated rings. The summed E-state index contributed by atoms with van der Waals surface area (Å²) in [5.74, 6) is -1.27. The molecule has 0 atom stereocenters. The average Bonchev–Trinajstić information content (AvgIpc) is 3.64. The number of carbonyl (C=O) groups is 1. The SMILES string of the molecule is CN1CCC(N(C=O)c2cc(-c3ccoc3)c(F)cc2N(C)Cc2ccc(-c3nnc(C(F)F)o3)cn2)CC1. The smallest absolute Gasteiger partial charge is 0.314 e. The highest BCUT2D eigenvalue weighted by atomic mass is 19.3. The van der Waals surface area contributed by atoms with Crippen LogP contribution in [0.1, 0.15) is 30.9 Å². The minimum atomic E-state index is -2.86. The van der Waals surface area contributed by atoms with Crippen molar-refractivity contribution in [3.63, 3.8) is 0 Å². The van der Waals surface area contributed by atoms with Gasteiger partial charge in [0.05, 0.1) is 41.7 Å². The van der Waals surface area contributed by atoms with Gasteiger partial charge in [-0.15, -0.1) is 10.2 Å². The number of nitrogens with zero attached hydrogens (tertiary/aromatic N) is 6. The zero-order chi connectivity index (χ0) is 27.5. The molecule has 12 heteroatoms. The van der Waals surface area contributed by atoms with Gasteiger partial charge in [-0.3, -0.25) is 9.78 Å². The Morgan fingerprint density at radius 1 is 1.13 bits per heavy atom. The Kier molecular flexibility index (Phi) is 7.64. The maximum atomic E-state index is 15.4. The predicted octanol–water partition coefficient (Wildman–Crippen LogP) is 5.16. The molecule has 1 aliphatic rings. The maximum Gasteiger partial charge on any atom is 0.314 e. The number of alkyl halides is 2. The van der Waals surface area contributed by atoms with Gasteiger partial charge in [0.2, 0.25) is 12.3 Å². The first-order valence-corrected chi connectivity index (χ1v) is 12.4. The molecular formula is C27H27F3N6O3. The van der Waals surface area contributed by atoms with Gasteiger partial charge in [-0.25, -0.2) is 4.39 Å². The molecule has 4 aromatic rings. The standard InChI is InChI=1S/C27H27F3N6O3/c1-34-8-5-20(6-9-34)36(16-37)24-11-21(18-7-10-38-15-18)22(28)12-23(24)35(2)14-19-4-3-17(13-31-19)26-32-33-27(39-26)25(29)30/h3-4,7,10-13,15-16,20,25H,5-6,8-9,14H2,1-2H3. The molecule has 5 rings (SSSR count). The molecule has 0 N–H and O–H groups in total. The number of hydrogen-bond donors (Lipinski definition) is 0. The van der Waals surface area contributed by atoms with E-state index < -0.39 is 18.1 Å². The Labute approximate surface area is 222 Å². The molecule has 0 spiro atoms. The van der Waals surface area contributed by atoms with E-state index in [2.05, 4.69) is 20.1 Å². The third-order valence-corrected chi connectivity index (χ3v) is 6.88. The summed E-state index contributed by atoms with van der Waals surface area (Å²) in [6, 6.07) is 8.08. The van der Waals surface area contributed by atoms with E-state index >= 15 is 4.39 Å². The molecule has 0 bridgehead atoms. The van der Waals surface area contributed by atoms with Crippen molar-refractivity contribution in [2.45, 2.75) is 31.9 Å². The van der Waals surface area contributed by atoms with Crippen molar-refractivity contribution in [3.8, 4) is 22.6 Å². The van der Waals surface area contributed by atoms with Gasteiger partial charge in [0.25, 0.3) is 5.89 Å². The Hall–Kier alpha value is -4.19. The van der Waals surface area contributed by atoms with Gasteiger partial charge in [-0.2, -0.15) is 8.78 Å². The van der Waals surface area contributed by atoms with Crippen LogP contribution in [0.3, 0.4) is 0 Å². The number of likely N-dealkylation sites (tertiary alicyclic amines) is 1. The lowest BCUT2D eigenvalue weighted by Crippen LogP contribution is -2.43. The van der Waals surface area contributed by atoms with Gasteiger partial charge >= 0.3 is 6.43 Å². The Morgan fingerprint density at radius 3 is 2.54 bits per heavy atom. The molecule has 1 aliphatic heterocycles. The van der Waals surface area contributed by atoms with Crippen LogP contribution < -0.4 is 9.80 Å². The second-order valence-electron chi connectivity index (χ2n) is 9.52. The monoisotopic (exact) mass is 540 g/mol. The van der Waals surface area contributed by atoms with Gasteiger partial charge in [0, 0.05) is 30.4 Å². The molecule has 204 valence electrons. The Morgan fingerprint density at radius 2 is 1.92 bits per heavy atom. The van der Waals surface area contributed by atoms with E-state index in [1.807, 2.05) is 11.9 Å². The minimum Gasteiger partial charge on any atom is -0.472 e. The van der Waals surface area contributed by atoms with Crippen LogP contribution in [0, 0.1) is 5.82 Å². The number of hydrogen-bond acceptors (Lipinski definition) is 8. The molecule has 0 saturated carbocycles. The summed E-state index contributed by atoms with van der Waals surface area (Å²) >= 11 is 0. The molecule has 0 aliphatic carbocycles. The van der Waals surface area contributed by atoms with Gasteiger partial charge in [-0.05, 0) is 63.3 Å². The first kappa shape index (κ1) is 26.4. The average molecular weight is 541 g/mol. The van der Waals surface area contributed by atoms with E-state index in [0.717, 1.165) is 32.3 Å². The zero-order valence-electron chi connectivity index (χ0n) is 21.4. The summed E-state index contributed by atoms with van der Waals surface area (Å²) in [5.41, 5.74) is 3.03. The normalized spacial score (nSPS) is 14.6. The fraction of sp³-hybridized carbons (Fsp3) is 0.333. The van der Waals surface area contributed by atoms with Crippen molar-refractivity contribution in [1.29, 1.82) is 0 Å². The van der Waals surface area contributed by atoms with Crippen molar-refractivity contribution < 1.29 is 26.8 Å². The Balaban J connectivity index is 1.44. The van der Waals surface area contributed by atoms with E-state index in [1.165, 1.54) is 24.8 Å². The highest BCUT2D eigenvalue weighted by Gasteiger charge is 2.27. The maximum absolute atomic E-state index is 15.4. The largest absolute Gasteiger partial charge is 0.472 e. The van der Waals surface area contributed by atoms with Crippen LogP contribution in [0.4, 0.5) is 24.5 Å². The number of rotatable bonds is 9. The minimum absolute atomic E-state index is 0.0292. The topological polar surface area (TPSA) is 91.7 Å². The summed E-state index contributed by atoms with van der Waals surface area (Å²) in [5, 5.41) is 6.97. The molecule has 1 saturated heterocycles. The lowest BCUT2D eigenvalue weighted by molar-refractivity contribution is -0.108. The number of carbonyl (C=O) groups excluding carboxylic acids is 1. The third kappa shape index (κ3) is 5.65. The number of furan rings is 1. The lowest BCUT2D eigenvalue weighted by Gasteiger charge is -2.37. The van der Waals surface area contributed by atoms with Crippen molar-refractivity contribution in [2.24, 2.45) is 0 Å². The second kappa shape index (κ2) is 11.3. The lowest BCUT2D eigenvalue weighted by atomic mass is 10.0. The third-order valence-electron chi connectivity index (χ3n) is 6.88. The van der Waals surface area contributed by atoms with Gasteiger partial charge in [0.1, 0.15) is 5.82 Å². The van der Waals surface area contributed by atoms with E-state index in [9.17, 15) is 13.6 Å². The van der Waals surface area contributed by atoms with Crippen LogP contribution in [0.5, 0.6) is 0 Å². The number of amides is 1. The molecule has 1 amide bonds. The molecule has 1 aromatic carbocycles. The van der Waals surface area contributed by atoms with E-state index in [0.29, 0.717) is 33.8 Å². The molecule has 4 heterocycles. The van der Waals surface area contributed by atoms with Crippen molar-refractivity contribution in [2.75, 3.05) is 37.0 Å². The quantitative estimate of drug-likeness (QED) is 0.269. The summed E-state index contributed by atoms with van der Waals surface area (Å²) in [6.45, 7) is 1.99. The van der Waals surface area contributed by atoms with Crippen molar-refractivity contribution >= 4 is 17.8 Å². The van der Waals surface area contributed by atoms with Crippen LogP contribution >= 0.6 is 0 Å². The van der Waals surface area contributed by atoms with Gasteiger partial charge in [0.15, 0.2) is 0 Å². The summed E-state index contributed by atoms with van der Waals surface area (Å²) in [7, 11) is 3.83. The molecule has 0 radical (unpaired) electrons. The summed E-state index contributed by atoms with van der Waals surface area (Å²) in [6.07, 6.45) is 3.93. The van der Waals surface area contributed by atoms with Gasteiger partial charge < -0.3 is 23.5 Å². The molecule has 39 heavy (non-hydrogen) atoms. The highest BCUT2D eigenvalue weighted by Crippen LogP contribution is 2.38.